The molecule has 0 aromatic carbocycles. The van der Waals surface area contributed by atoms with E-state index in [1.54, 1.807) is 34.7 Å². The Labute approximate surface area is 147 Å². The maximum absolute atomic E-state index is 12.5. The summed E-state index contributed by atoms with van der Waals surface area (Å²) in [6.45, 7) is 6.13. The third-order valence-electron chi connectivity index (χ3n) is 4.90. The Balaban J connectivity index is 2.13. The minimum atomic E-state index is -0.0587. The predicted octanol–water partition coefficient (Wildman–Crippen LogP) is 0.980. The summed E-state index contributed by atoms with van der Waals surface area (Å²) >= 11 is 0. The lowest BCUT2D eigenvalue weighted by molar-refractivity contribution is 0.215. The lowest BCUT2D eigenvalue weighted by Gasteiger charge is -2.41. The zero-order valence-corrected chi connectivity index (χ0v) is 15.3. The van der Waals surface area contributed by atoms with Gasteiger partial charge in [0.1, 0.15) is 12.8 Å². The van der Waals surface area contributed by atoms with E-state index in [1.165, 1.54) is 7.11 Å². The molecule has 1 fully saturated rings. The number of oxime groups is 1. The average molecular weight is 346 g/mol. The third-order valence-corrected chi connectivity index (χ3v) is 4.90. The number of aromatic nitrogens is 3. The molecule has 1 saturated heterocycles. The van der Waals surface area contributed by atoms with Crippen LogP contribution in [0.3, 0.4) is 0 Å². The van der Waals surface area contributed by atoms with Gasteiger partial charge in [0.15, 0.2) is 5.65 Å². The Morgan fingerprint density at radius 1 is 1.44 bits per heavy atom. The number of hydrogen-bond acceptors (Lipinski definition) is 6. The zero-order chi connectivity index (χ0) is 18.0. The highest BCUT2D eigenvalue weighted by Crippen LogP contribution is 2.25. The third kappa shape index (κ3) is 3.26. The number of nitrogens with zero attached hydrogens (tertiary/aromatic N) is 5. The Hall–Kier alpha value is -2.35. The summed E-state index contributed by atoms with van der Waals surface area (Å²) in [7, 11) is 3.23. The highest BCUT2D eigenvalue weighted by molar-refractivity contribution is 5.80. The number of rotatable bonds is 5. The Morgan fingerprint density at radius 3 is 2.92 bits per heavy atom. The first-order chi connectivity index (χ1) is 12.1. The van der Waals surface area contributed by atoms with E-state index in [4.69, 9.17) is 4.84 Å². The molecule has 0 spiro atoms. The van der Waals surface area contributed by atoms with Crippen LogP contribution in [0.25, 0.3) is 5.65 Å². The molecule has 0 bridgehead atoms. The van der Waals surface area contributed by atoms with Gasteiger partial charge in [-0.3, -0.25) is 4.79 Å². The SMILES string of the molecule is CC[C@@H]1CN(c2cc(=O)n(C)n3cc(C=NOC)nc23)[C@@H](CC)CN1. The lowest BCUT2D eigenvalue weighted by atomic mass is 10.0. The normalized spacial score (nSPS) is 21.4. The van der Waals surface area contributed by atoms with E-state index >= 15 is 0 Å². The molecule has 2 aromatic heterocycles. The van der Waals surface area contributed by atoms with Crippen molar-refractivity contribution in [3.63, 3.8) is 0 Å². The fourth-order valence-electron chi connectivity index (χ4n) is 3.35. The second-order valence-electron chi connectivity index (χ2n) is 6.37. The van der Waals surface area contributed by atoms with E-state index < -0.39 is 0 Å². The lowest BCUT2D eigenvalue weighted by Crippen LogP contribution is -2.56. The molecule has 2 atom stereocenters. The molecule has 1 N–H and O–H groups in total. The molecule has 25 heavy (non-hydrogen) atoms. The molecule has 8 heteroatoms. The van der Waals surface area contributed by atoms with Crippen LogP contribution < -0.4 is 15.8 Å². The fraction of sp³-hybridized carbons (Fsp3) is 0.588. The Bertz CT molecular complexity index is 824. The van der Waals surface area contributed by atoms with Crippen LogP contribution in [0, 0.1) is 0 Å². The van der Waals surface area contributed by atoms with Gasteiger partial charge in [0.25, 0.3) is 5.56 Å². The van der Waals surface area contributed by atoms with E-state index in [2.05, 4.69) is 34.2 Å². The minimum Gasteiger partial charge on any atom is -0.399 e. The molecule has 0 amide bonds. The van der Waals surface area contributed by atoms with Gasteiger partial charge in [0.05, 0.1) is 18.1 Å². The summed E-state index contributed by atoms with van der Waals surface area (Å²) in [4.78, 5) is 24.2. The number of aryl methyl sites for hydroxylation is 1. The van der Waals surface area contributed by atoms with Crippen LogP contribution in [0.15, 0.2) is 22.2 Å². The van der Waals surface area contributed by atoms with Crippen LogP contribution in [0.2, 0.25) is 0 Å². The van der Waals surface area contributed by atoms with Crippen LogP contribution in [0.4, 0.5) is 5.69 Å². The topological polar surface area (TPSA) is 76.2 Å². The minimum absolute atomic E-state index is 0.0587. The van der Waals surface area contributed by atoms with Gasteiger partial charge in [-0.25, -0.2) is 14.2 Å². The number of piperazine rings is 1. The number of hydrogen-bond donors (Lipinski definition) is 1. The monoisotopic (exact) mass is 346 g/mol. The van der Waals surface area contributed by atoms with Gasteiger partial charge in [-0.1, -0.05) is 19.0 Å². The maximum Gasteiger partial charge on any atom is 0.267 e. The van der Waals surface area contributed by atoms with Gasteiger partial charge in [-0.15, -0.1) is 0 Å². The highest BCUT2D eigenvalue weighted by atomic mass is 16.6. The number of anilines is 1. The van der Waals surface area contributed by atoms with E-state index in [0.717, 1.165) is 37.3 Å². The standard InChI is InChI=1S/C17H26N6O2/c1-5-12-10-22(14(6-2)9-18-12)15-7-16(24)21(3)23-11-13(8-19-25-4)20-17(15)23/h7-8,11-12,14,18H,5-6,9-10H2,1-4H3/t12-,14+/m1/s1. The second kappa shape index (κ2) is 7.26. The summed E-state index contributed by atoms with van der Waals surface area (Å²) < 4.78 is 3.33. The van der Waals surface area contributed by atoms with Crippen LogP contribution >= 0.6 is 0 Å². The molecule has 0 radical (unpaired) electrons. The molecule has 3 heterocycles. The molecule has 1 aliphatic heterocycles. The summed E-state index contributed by atoms with van der Waals surface area (Å²) in [5, 5.41) is 7.36. The average Bonchev–Trinajstić information content (AvgIpc) is 3.07. The maximum atomic E-state index is 12.5. The summed E-state index contributed by atoms with van der Waals surface area (Å²) in [6, 6.07) is 2.45. The van der Waals surface area contributed by atoms with Gasteiger partial charge in [0.2, 0.25) is 0 Å². The van der Waals surface area contributed by atoms with Crippen LogP contribution in [0.5, 0.6) is 0 Å². The van der Waals surface area contributed by atoms with Crippen molar-refractivity contribution in [2.45, 2.75) is 38.8 Å². The second-order valence-corrected chi connectivity index (χ2v) is 6.37. The highest BCUT2D eigenvalue weighted by Gasteiger charge is 2.28. The van der Waals surface area contributed by atoms with Crippen molar-refractivity contribution >= 4 is 17.5 Å². The van der Waals surface area contributed by atoms with E-state index in [9.17, 15) is 4.79 Å². The van der Waals surface area contributed by atoms with E-state index in [1.807, 2.05) is 0 Å². The molecule has 2 aromatic rings. The molecule has 1 aliphatic rings. The van der Waals surface area contributed by atoms with Crippen molar-refractivity contribution in [3.8, 4) is 0 Å². The molecular formula is C17H26N6O2. The first-order valence-corrected chi connectivity index (χ1v) is 8.75. The molecule has 0 saturated carbocycles. The Kier molecular flexibility index (Phi) is 5.08. The van der Waals surface area contributed by atoms with Crippen molar-refractivity contribution in [1.29, 1.82) is 0 Å². The first kappa shape index (κ1) is 17.5. The predicted molar refractivity (Wildman–Crippen MR) is 98.5 cm³/mol. The number of nitrogens with one attached hydrogen (secondary N) is 1. The molecule has 0 aliphatic carbocycles. The number of imidazole rings is 1. The van der Waals surface area contributed by atoms with Crippen molar-refractivity contribution < 1.29 is 4.84 Å². The van der Waals surface area contributed by atoms with E-state index in [-0.39, 0.29) is 5.56 Å². The van der Waals surface area contributed by atoms with Gasteiger partial charge in [-0.05, 0) is 12.8 Å². The van der Waals surface area contributed by atoms with Crippen molar-refractivity contribution in [2.24, 2.45) is 12.2 Å². The van der Waals surface area contributed by atoms with Crippen molar-refractivity contribution in [1.82, 2.24) is 19.5 Å². The molecule has 8 nitrogen and oxygen atoms in total. The molecule has 0 unspecified atom stereocenters. The Morgan fingerprint density at radius 2 is 2.24 bits per heavy atom. The van der Waals surface area contributed by atoms with Gasteiger partial charge < -0.3 is 15.1 Å². The zero-order valence-electron chi connectivity index (χ0n) is 15.3. The van der Waals surface area contributed by atoms with Crippen molar-refractivity contribution in [2.75, 3.05) is 25.1 Å². The fourth-order valence-corrected chi connectivity index (χ4v) is 3.35. The van der Waals surface area contributed by atoms with Crippen molar-refractivity contribution in [3.05, 3.63) is 28.3 Å². The quantitative estimate of drug-likeness (QED) is 0.645. The van der Waals surface area contributed by atoms with E-state index in [0.29, 0.717) is 17.8 Å². The summed E-state index contributed by atoms with van der Waals surface area (Å²) in [5.74, 6) is 0. The summed E-state index contributed by atoms with van der Waals surface area (Å²) in [5.41, 5.74) is 2.23. The van der Waals surface area contributed by atoms with Gasteiger partial charge in [-0.2, -0.15) is 0 Å². The smallest absolute Gasteiger partial charge is 0.267 e. The summed E-state index contributed by atoms with van der Waals surface area (Å²) in [6.07, 6.45) is 5.39. The van der Waals surface area contributed by atoms with Crippen LogP contribution in [0.1, 0.15) is 32.4 Å². The molecule has 136 valence electrons. The van der Waals surface area contributed by atoms with Crippen LogP contribution in [-0.4, -0.2) is 52.7 Å². The number of fused-ring (bicyclic) bond motifs is 1. The van der Waals surface area contributed by atoms with Crippen LogP contribution in [-0.2, 0) is 11.9 Å². The largest absolute Gasteiger partial charge is 0.399 e. The van der Waals surface area contributed by atoms with Gasteiger partial charge >= 0.3 is 0 Å². The molecule has 3 rings (SSSR count). The molecular weight excluding hydrogens is 320 g/mol. The van der Waals surface area contributed by atoms with Gasteiger partial charge in [0, 0.05) is 38.3 Å². The first-order valence-electron chi connectivity index (χ1n) is 8.75.